The van der Waals surface area contributed by atoms with E-state index in [0.717, 1.165) is 11.8 Å². The predicted octanol–water partition coefficient (Wildman–Crippen LogP) is 2.13. The highest BCUT2D eigenvalue weighted by Gasteiger charge is 2.23. The Bertz CT molecular complexity index is 125. The van der Waals surface area contributed by atoms with Crippen molar-refractivity contribution in [1.82, 2.24) is 4.90 Å². The van der Waals surface area contributed by atoms with E-state index < -0.39 is 0 Å². The molecule has 0 spiro atoms. The van der Waals surface area contributed by atoms with Crippen LogP contribution in [-0.2, 0) is 0 Å². The minimum atomic E-state index is 0.989. The molecule has 0 aromatic rings. The van der Waals surface area contributed by atoms with Gasteiger partial charge in [-0.15, -0.1) is 0 Å². The topological polar surface area (TPSA) is 3.24 Å². The van der Waals surface area contributed by atoms with E-state index in [1.54, 1.807) is 0 Å². The zero-order valence-corrected chi connectivity index (χ0v) is 7.55. The summed E-state index contributed by atoms with van der Waals surface area (Å²) in [5.74, 6) is 2.06. The molecular weight excluding hydrogens is 134 g/mol. The molecule has 0 radical (unpaired) electrons. The van der Waals surface area contributed by atoms with Crippen molar-refractivity contribution < 1.29 is 0 Å². The standard InChI is InChI=1S/C10H19N/c1-9-2-5-11-6-3-10(8-9)4-7-11/h9-10H,2-8H2,1H3. The van der Waals surface area contributed by atoms with E-state index in [9.17, 15) is 0 Å². The van der Waals surface area contributed by atoms with Gasteiger partial charge in [-0.2, -0.15) is 0 Å². The molecule has 0 saturated carbocycles. The Balaban J connectivity index is 1.97. The lowest BCUT2D eigenvalue weighted by Crippen LogP contribution is -2.37. The molecule has 1 unspecified atom stereocenters. The van der Waals surface area contributed by atoms with Crippen molar-refractivity contribution >= 4 is 0 Å². The van der Waals surface area contributed by atoms with Gasteiger partial charge < -0.3 is 4.90 Å². The monoisotopic (exact) mass is 153 g/mol. The first-order chi connectivity index (χ1) is 5.34. The van der Waals surface area contributed by atoms with Gasteiger partial charge in [0.2, 0.25) is 0 Å². The molecule has 64 valence electrons. The predicted molar refractivity (Wildman–Crippen MR) is 47.6 cm³/mol. The quantitative estimate of drug-likeness (QED) is 0.515. The Morgan fingerprint density at radius 3 is 2.36 bits per heavy atom. The molecule has 0 aromatic carbocycles. The van der Waals surface area contributed by atoms with Gasteiger partial charge in [-0.3, -0.25) is 0 Å². The van der Waals surface area contributed by atoms with Crippen molar-refractivity contribution in [1.29, 1.82) is 0 Å². The van der Waals surface area contributed by atoms with Gasteiger partial charge in [0.25, 0.3) is 0 Å². The second kappa shape index (κ2) is 3.14. The third kappa shape index (κ3) is 1.76. The smallest absolute Gasteiger partial charge is 0.00161 e. The van der Waals surface area contributed by atoms with E-state index in [-0.39, 0.29) is 0 Å². The average molecular weight is 153 g/mol. The number of piperidine rings is 1. The first kappa shape index (κ1) is 7.60. The molecule has 3 aliphatic rings. The largest absolute Gasteiger partial charge is 0.303 e. The normalized spacial score (nSPS) is 45.0. The van der Waals surface area contributed by atoms with Crippen LogP contribution in [0.1, 0.15) is 32.6 Å². The van der Waals surface area contributed by atoms with Crippen LogP contribution in [0.4, 0.5) is 0 Å². The molecule has 3 aliphatic heterocycles. The molecule has 11 heavy (non-hydrogen) atoms. The van der Waals surface area contributed by atoms with Gasteiger partial charge in [-0.1, -0.05) is 6.92 Å². The highest BCUT2D eigenvalue weighted by Crippen LogP contribution is 2.28. The zero-order chi connectivity index (χ0) is 7.68. The van der Waals surface area contributed by atoms with Crippen LogP contribution in [0.25, 0.3) is 0 Å². The van der Waals surface area contributed by atoms with Crippen LogP contribution in [0.15, 0.2) is 0 Å². The molecule has 1 heteroatoms. The Hall–Kier alpha value is -0.0400. The molecule has 1 nitrogen and oxygen atoms in total. The third-order valence-corrected chi connectivity index (χ3v) is 3.38. The summed E-state index contributed by atoms with van der Waals surface area (Å²) in [4.78, 5) is 2.64. The van der Waals surface area contributed by atoms with Crippen molar-refractivity contribution in [2.45, 2.75) is 32.6 Å². The van der Waals surface area contributed by atoms with Crippen LogP contribution in [-0.4, -0.2) is 24.5 Å². The molecule has 3 rings (SSSR count). The molecular formula is C10H19N. The van der Waals surface area contributed by atoms with Gasteiger partial charge in [0.05, 0.1) is 0 Å². The summed E-state index contributed by atoms with van der Waals surface area (Å²) >= 11 is 0. The van der Waals surface area contributed by atoms with Crippen molar-refractivity contribution in [2.24, 2.45) is 11.8 Å². The minimum Gasteiger partial charge on any atom is -0.303 e. The lowest BCUT2D eigenvalue weighted by atomic mass is 9.84. The van der Waals surface area contributed by atoms with E-state index in [4.69, 9.17) is 0 Å². The number of hydrogen-bond donors (Lipinski definition) is 0. The molecule has 0 aromatic heterocycles. The Morgan fingerprint density at radius 2 is 1.64 bits per heavy atom. The molecule has 3 heterocycles. The van der Waals surface area contributed by atoms with Crippen LogP contribution in [0, 0.1) is 11.8 Å². The van der Waals surface area contributed by atoms with E-state index in [2.05, 4.69) is 11.8 Å². The fourth-order valence-electron chi connectivity index (χ4n) is 2.54. The second-order valence-electron chi connectivity index (χ2n) is 4.41. The van der Waals surface area contributed by atoms with E-state index in [0.29, 0.717) is 0 Å². The molecule has 3 saturated heterocycles. The van der Waals surface area contributed by atoms with Crippen LogP contribution >= 0.6 is 0 Å². The first-order valence-corrected chi connectivity index (χ1v) is 5.07. The van der Waals surface area contributed by atoms with Gasteiger partial charge in [0.1, 0.15) is 0 Å². The maximum atomic E-state index is 2.64. The fraction of sp³-hybridized carbons (Fsp3) is 1.00. The molecule has 1 atom stereocenters. The zero-order valence-electron chi connectivity index (χ0n) is 7.55. The van der Waals surface area contributed by atoms with Crippen LogP contribution in [0.5, 0.6) is 0 Å². The van der Waals surface area contributed by atoms with Gasteiger partial charge in [0.15, 0.2) is 0 Å². The van der Waals surface area contributed by atoms with E-state index in [1.165, 1.54) is 45.3 Å². The molecule has 3 fully saturated rings. The van der Waals surface area contributed by atoms with Crippen LogP contribution in [0.3, 0.4) is 0 Å². The summed E-state index contributed by atoms with van der Waals surface area (Å²) in [6, 6.07) is 0. The van der Waals surface area contributed by atoms with E-state index in [1.807, 2.05) is 0 Å². The molecule has 0 amide bonds. The highest BCUT2D eigenvalue weighted by atomic mass is 15.1. The van der Waals surface area contributed by atoms with Crippen molar-refractivity contribution in [3.05, 3.63) is 0 Å². The number of hydrogen-bond acceptors (Lipinski definition) is 1. The van der Waals surface area contributed by atoms with Crippen molar-refractivity contribution in [3.63, 3.8) is 0 Å². The number of fused-ring (bicyclic) bond motifs is 5. The SMILES string of the molecule is CC1CCN2CCC(CC2)C1. The second-order valence-corrected chi connectivity index (χ2v) is 4.41. The van der Waals surface area contributed by atoms with Gasteiger partial charge in [-0.05, 0) is 57.2 Å². The highest BCUT2D eigenvalue weighted by molar-refractivity contribution is 4.77. The Morgan fingerprint density at radius 1 is 1.00 bits per heavy atom. The number of rotatable bonds is 0. The summed E-state index contributed by atoms with van der Waals surface area (Å²) in [6.45, 7) is 6.56. The fourth-order valence-corrected chi connectivity index (χ4v) is 2.54. The van der Waals surface area contributed by atoms with Crippen molar-refractivity contribution in [2.75, 3.05) is 19.6 Å². The summed E-state index contributed by atoms with van der Waals surface area (Å²) in [5.41, 5.74) is 0. The molecule has 0 N–H and O–H groups in total. The van der Waals surface area contributed by atoms with Crippen LogP contribution in [0.2, 0.25) is 0 Å². The summed E-state index contributed by atoms with van der Waals surface area (Å²) in [5, 5.41) is 0. The third-order valence-electron chi connectivity index (χ3n) is 3.38. The lowest BCUT2D eigenvalue weighted by molar-refractivity contribution is 0.129. The molecule has 0 aliphatic carbocycles. The van der Waals surface area contributed by atoms with Crippen LogP contribution < -0.4 is 0 Å². The minimum absolute atomic E-state index is 0.989. The average Bonchev–Trinajstić information content (AvgIpc) is 1.98. The van der Waals surface area contributed by atoms with Gasteiger partial charge in [0, 0.05) is 0 Å². The summed E-state index contributed by atoms with van der Waals surface area (Å²) < 4.78 is 0. The van der Waals surface area contributed by atoms with Crippen molar-refractivity contribution in [3.8, 4) is 0 Å². The lowest BCUT2D eigenvalue weighted by Gasteiger charge is -2.37. The van der Waals surface area contributed by atoms with Gasteiger partial charge >= 0.3 is 0 Å². The maximum absolute atomic E-state index is 2.64. The Kier molecular flexibility index (Phi) is 2.17. The summed E-state index contributed by atoms with van der Waals surface area (Å²) in [6.07, 6.45) is 5.90. The summed E-state index contributed by atoms with van der Waals surface area (Å²) in [7, 11) is 0. The molecule has 2 bridgehead atoms. The van der Waals surface area contributed by atoms with E-state index >= 15 is 0 Å². The Labute approximate surface area is 69.8 Å². The van der Waals surface area contributed by atoms with Gasteiger partial charge in [-0.25, -0.2) is 0 Å². The maximum Gasteiger partial charge on any atom is -0.00161 e. The number of nitrogens with zero attached hydrogens (tertiary/aromatic N) is 1. The first-order valence-electron chi connectivity index (χ1n) is 5.07.